The second-order valence-corrected chi connectivity index (χ2v) is 9.42. The maximum absolute atomic E-state index is 11.6. The normalized spacial score (nSPS) is 17.7. The average Bonchev–Trinajstić information content (AvgIpc) is 3.32. The molecular weight excluding hydrogens is 382 g/mol. The Balaban J connectivity index is 1.59. The topological polar surface area (TPSA) is 56.1 Å². The first-order chi connectivity index (χ1) is 13.9. The highest BCUT2D eigenvalue weighted by Crippen LogP contribution is 2.41. The van der Waals surface area contributed by atoms with Crippen molar-refractivity contribution >= 4 is 17.1 Å². The molecule has 1 aliphatic rings. The molecule has 0 fully saturated rings. The van der Waals surface area contributed by atoms with E-state index in [0.717, 1.165) is 41.3 Å². The summed E-state index contributed by atoms with van der Waals surface area (Å²) in [6, 6.07) is 10.3. The maximum Gasteiger partial charge on any atom is 0.169 e. The van der Waals surface area contributed by atoms with E-state index in [4.69, 9.17) is 9.84 Å². The van der Waals surface area contributed by atoms with Gasteiger partial charge in [0.15, 0.2) is 5.78 Å². The standard InChI is InChI=1S/C23H27N3O2S/c1-15(27)22-9-16(14-29-22)12-24-20-10-23(2,3)11-21-19(20)13-25-26(21)17-5-7-18(28-4)8-6-17/h5-9,13-14,20,24H,10-12H2,1-4H3. The molecule has 1 atom stereocenters. The van der Waals surface area contributed by atoms with E-state index < -0.39 is 0 Å². The maximum atomic E-state index is 11.6. The van der Waals surface area contributed by atoms with Gasteiger partial charge < -0.3 is 10.1 Å². The van der Waals surface area contributed by atoms with Crippen LogP contribution in [0.2, 0.25) is 0 Å². The lowest BCUT2D eigenvalue weighted by Gasteiger charge is -2.36. The Bertz CT molecular complexity index is 1020. The number of methoxy groups -OCH3 is 1. The number of ether oxygens (including phenoxy) is 1. The number of nitrogens with zero attached hydrogens (tertiary/aromatic N) is 2. The van der Waals surface area contributed by atoms with Crippen molar-refractivity contribution in [3.8, 4) is 11.4 Å². The second kappa shape index (κ2) is 7.76. The molecule has 0 saturated carbocycles. The van der Waals surface area contributed by atoms with Gasteiger partial charge in [0.2, 0.25) is 0 Å². The number of hydrogen-bond donors (Lipinski definition) is 1. The number of ketones is 1. The molecule has 2 heterocycles. The Labute approximate surface area is 175 Å². The number of thiophene rings is 1. The minimum atomic E-state index is 0.128. The molecule has 3 aromatic rings. The molecule has 0 amide bonds. The third kappa shape index (κ3) is 4.14. The van der Waals surface area contributed by atoms with Crippen LogP contribution in [-0.4, -0.2) is 22.7 Å². The third-order valence-corrected chi connectivity index (χ3v) is 6.63. The van der Waals surface area contributed by atoms with E-state index in [1.165, 1.54) is 22.6 Å². The summed E-state index contributed by atoms with van der Waals surface area (Å²) in [6.07, 6.45) is 4.04. The van der Waals surface area contributed by atoms with Crippen molar-refractivity contribution in [1.82, 2.24) is 15.1 Å². The summed E-state index contributed by atoms with van der Waals surface area (Å²) in [6.45, 7) is 6.99. The van der Waals surface area contributed by atoms with Crippen LogP contribution < -0.4 is 10.1 Å². The molecule has 0 saturated heterocycles. The summed E-state index contributed by atoms with van der Waals surface area (Å²) in [5.41, 5.74) is 4.91. The van der Waals surface area contributed by atoms with Gasteiger partial charge >= 0.3 is 0 Å². The van der Waals surface area contributed by atoms with Crippen molar-refractivity contribution in [2.45, 2.75) is 46.2 Å². The molecule has 1 aliphatic carbocycles. The van der Waals surface area contributed by atoms with Crippen molar-refractivity contribution < 1.29 is 9.53 Å². The largest absolute Gasteiger partial charge is 0.497 e. The van der Waals surface area contributed by atoms with Gasteiger partial charge in [-0.05, 0) is 66.5 Å². The molecule has 1 aromatic carbocycles. The number of carbonyl (C=O) groups is 1. The van der Waals surface area contributed by atoms with Crippen LogP contribution in [0, 0.1) is 5.41 Å². The number of fused-ring (bicyclic) bond motifs is 1. The SMILES string of the molecule is COc1ccc(-n2ncc3c2CC(C)(C)CC3NCc2csc(C(C)=O)c2)cc1. The number of rotatable bonds is 6. The first-order valence-electron chi connectivity index (χ1n) is 9.89. The van der Waals surface area contributed by atoms with Crippen molar-refractivity contribution in [3.05, 3.63) is 63.6 Å². The van der Waals surface area contributed by atoms with Gasteiger partial charge in [0.1, 0.15) is 5.75 Å². The van der Waals surface area contributed by atoms with E-state index in [2.05, 4.69) is 29.2 Å². The van der Waals surface area contributed by atoms with Crippen molar-refractivity contribution in [1.29, 1.82) is 0 Å². The molecule has 6 heteroatoms. The van der Waals surface area contributed by atoms with E-state index in [1.807, 2.05) is 36.5 Å². The Hall–Kier alpha value is -2.44. The van der Waals surface area contributed by atoms with E-state index in [0.29, 0.717) is 0 Å². The highest BCUT2D eigenvalue weighted by Gasteiger charge is 2.35. The lowest BCUT2D eigenvalue weighted by atomic mass is 9.74. The third-order valence-electron chi connectivity index (χ3n) is 5.55. The molecule has 2 aromatic heterocycles. The van der Waals surface area contributed by atoms with Gasteiger partial charge in [0.05, 0.1) is 23.9 Å². The predicted molar refractivity (Wildman–Crippen MR) is 116 cm³/mol. The number of hydrogen-bond acceptors (Lipinski definition) is 5. The van der Waals surface area contributed by atoms with Gasteiger partial charge in [-0.1, -0.05) is 13.8 Å². The molecule has 5 nitrogen and oxygen atoms in total. The number of aromatic nitrogens is 2. The van der Waals surface area contributed by atoms with Gasteiger partial charge in [-0.2, -0.15) is 5.10 Å². The molecular formula is C23H27N3O2S. The van der Waals surface area contributed by atoms with Crippen molar-refractivity contribution in [2.75, 3.05) is 7.11 Å². The van der Waals surface area contributed by atoms with E-state index >= 15 is 0 Å². The summed E-state index contributed by atoms with van der Waals surface area (Å²) >= 11 is 1.52. The van der Waals surface area contributed by atoms with Crippen LogP contribution in [0.25, 0.3) is 5.69 Å². The van der Waals surface area contributed by atoms with E-state index in [-0.39, 0.29) is 17.2 Å². The number of benzene rings is 1. The molecule has 0 bridgehead atoms. The summed E-state index contributed by atoms with van der Waals surface area (Å²) in [5.74, 6) is 0.971. The number of nitrogens with one attached hydrogen (secondary N) is 1. The summed E-state index contributed by atoms with van der Waals surface area (Å²) in [7, 11) is 1.68. The first kappa shape index (κ1) is 19.9. The van der Waals surface area contributed by atoms with Crippen LogP contribution in [0.1, 0.15) is 59.7 Å². The molecule has 1 N–H and O–H groups in total. The summed E-state index contributed by atoms with van der Waals surface area (Å²) in [4.78, 5) is 12.4. The lowest BCUT2D eigenvalue weighted by molar-refractivity contribution is 0.102. The Morgan fingerprint density at radius 3 is 2.76 bits per heavy atom. The molecule has 152 valence electrons. The fraction of sp³-hybridized carbons (Fsp3) is 0.391. The van der Waals surface area contributed by atoms with Gasteiger partial charge in [0.25, 0.3) is 0 Å². The minimum absolute atomic E-state index is 0.128. The molecule has 0 aliphatic heterocycles. The molecule has 0 spiro atoms. The van der Waals surface area contributed by atoms with Gasteiger partial charge in [-0.3, -0.25) is 4.79 Å². The van der Waals surface area contributed by atoms with Gasteiger partial charge in [0, 0.05) is 23.8 Å². The zero-order chi connectivity index (χ0) is 20.6. The quantitative estimate of drug-likeness (QED) is 0.586. The molecule has 0 radical (unpaired) electrons. The lowest BCUT2D eigenvalue weighted by Crippen LogP contribution is -2.33. The summed E-state index contributed by atoms with van der Waals surface area (Å²) in [5, 5.41) is 10.5. The molecule has 4 rings (SSSR count). The predicted octanol–water partition coefficient (Wildman–Crippen LogP) is 4.95. The summed E-state index contributed by atoms with van der Waals surface area (Å²) < 4.78 is 7.34. The molecule has 29 heavy (non-hydrogen) atoms. The zero-order valence-electron chi connectivity index (χ0n) is 17.4. The Morgan fingerprint density at radius 1 is 1.34 bits per heavy atom. The van der Waals surface area contributed by atoms with Crippen LogP contribution in [0.5, 0.6) is 5.75 Å². The van der Waals surface area contributed by atoms with Crippen molar-refractivity contribution in [3.63, 3.8) is 0 Å². The number of Topliss-reactive ketones (excluding diaryl/α,β-unsaturated/α-hetero) is 1. The highest BCUT2D eigenvalue weighted by molar-refractivity contribution is 7.12. The zero-order valence-corrected chi connectivity index (χ0v) is 18.2. The van der Waals surface area contributed by atoms with E-state index in [9.17, 15) is 4.79 Å². The van der Waals surface area contributed by atoms with Gasteiger partial charge in [-0.15, -0.1) is 11.3 Å². The van der Waals surface area contributed by atoms with Crippen LogP contribution in [-0.2, 0) is 13.0 Å². The minimum Gasteiger partial charge on any atom is -0.497 e. The number of carbonyl (C=O) groups excluding carboxylic acids is 1. The Kier molecular flexibility index (Phi) is 5.32. The fourth-order valence-corrected chi connectivity index (χ4v) is 4.88. The van der Waals surface area contributed by atoms with Gasteiger partial charge in [-0.25, -0.2) is 4.68 Å². The Morgan fingerprint density at radius 2 is 2.10 bits per heavy atom. The van der Waals surface area contributed by atoms with Crippen LogP contribution in [0.4, 0.5) is 0 Å². The first-order valence-corrected chi connectivity index (χ1v) is 10.8. The van der Waals surface area contributed by atoms with Crippen LogP contribution >= 0.6 is 11.3 Å². The smallest absolute Gasteiger partial charge is 0.169 e. The fourth-order valence-electron chi connectivity index (χ4n) is 4.06. The van der Waals surface area contributed by atoms with Crippen molar-refractivity contribution in [2.24, 2.45) is 5.41 Å². The second-order valence-electron chi connectivity index (χ2n) is 8.51. The van der Waals surface area contributed by atoms with Crippen LogP contribution in [0.3, 0.4) is 0 Å². The monoisotopic (exact) mass is 409 g/mol. The van der Waals surface area contributed by atoms with E-state index in [1.54, 1.807) is 14.0 Å². The molecule has 1 unspecified atom stereocenters. The highest BCUT2D eigenvalue weighted by atomic mass is 32.1. The average molecular weight is 410 g/mol. The van der Waals surface area contributed by atoms with Crippen LogP contribution in [0.15, 0.2) is 41.9 Å².